The monoisotopic (exact) mass is 289 g/mol. The number of nitrogens with one attached hydrogen (secondary N) is 1. The smallest absolute Gasteiger partial charge is 0.237 e. The molecule has 0 unspecified atom stereocenters. The van der Waals surface area contributed by atoms with Gasteiger partial charge in [-0.3, -0.25) is 4.79 Å². The zero-order valence-electron chi connectivity index (χ0n) is 7.67. The topological polar surface area (TPSA) is 29.1 Å². The summed E-state index contributed by atoms with van der Waals surface area (Å²) >= 11 is 2.09. The zero-order valence-corrected chi connectivity index (χ0v) is 9.83. The van der Waals surface area contributed by atoms with Gasteiger partial charge in [0.25, 0.3) is 0 Å². The van der Waals surface area contributed by atoms with E-state index in [-0.39, 0.29) is 9.83 Å². The Balaban J connectivity index is 2.65. The summed E-state index contributed by atoms with van der Waals surface area (Å²) in [5.74, 6) is 0.0458. The Labute approximate surface area is 91.9 Å². The zero-order chi connectivity index (χ0) is 9.84. The van der Waals surface area contributed by atoms with Gasteiger partial charge in [0.15, 0.2) is 0 Å². The quantitative estimate of drug-likeness (QED) is 0.658. The fourth-order valence-corrected chi connectivity index (χ4v) is 1.03. The van der Waals surface area contributed by atoms with Crippen molar-refractivity contribution < 1.29 is 4.79 Å². The van der Waals surface area contributed by atoms with Crippen molar-refractivity contribution in [2.24, 2.45) is 0 Å². The van der Waals surface area contributed by atoms with Crippen LogP contribution in [-0.4, -0.2) is 9.83 Å². The summed E-state index contributed by atoms with van der Waals surface area (Å²) in [5, 5.41) is 2.82. The molecule has 1 amide bonds. The molecule has 0 bridgehead atoms. The molecular formula is C10H12INO. The average Bonchev–Trinajstić information content (AvgIpc) is 2.08. The standard InChI is InChI=1S/C10H12INO/c1-7-3-5-9(6-4-7)12-10(13)8(2)11/h3-6,8H,1-2H3,(H,12,13)/t8-/m0/s1. The molecular weight excluding hydrogens is 277 g/mol. The first kappa shape index (κ1) is 10.5. The first-order valence-electron chi connectivity index (χ1n) is 4.11. The maximum atomic E-state index is 11.3. The number of anilines is 1. The SMILES string of the molecule is Cc1ccc(NC(=O)[C@H](C)I)cc1. The number of aryl methyl sites for hydroxylation is 1. The highest BCUT2D eigenvalue weighted by Crippen LogP contribution is 2.10. The Morgan fingerprint density at radius 3 is 2.38 bits per heavy atom. The average molecular weight is 289 g/mol. The summed E-state index contributed by atoms with van der Waals surface area (Å²) in [6.07, 6.45) is 0. The first-order chi connectivity index (χ1) is 6.09. The lowest BCUT2D eigenvalue weighted by molar-refractivity contribution is -0.115. The van der Waals surface area contributed by atoms with Crippen LogP contribution >= 0.6 is 22.6 Å². The number of alkyl halides is 1. The lowest BCUT2D eigenvalue weighted by Crippen LogP contribution is -2.19. The maximum Gasteiger partial charge on any atom is 0.237 e. The van der Waals surface area contributed by atoms with Crippen molar-refractivity contribution in [2.75, 3.05) is 5.32 Å². The van der Waals surface area contributed by atoms with Crippen LogP contribution in [0.3, 0.4) is 0 Å². The molecule has 1 atom stereocenters. The number of hydrogen-bond donors (Lipinski definition) is 1. The van der Waals surface area contributed by atoms with Crippen molar-refractivity contribution in [3.63, 3.8) is 0 Å². The van der Waals surface area contributed by atoms with Crippen LogP contribution in [0.15, 0.2) is 24.3 Å². The van der Waals surface area contributed by atoms with E-state index >= 15 is 0 Å². The van der Waals surface area contributed by atoms with Crippen molar-refractivity contribution in [3.8, 4) is 0 Å². The van der Waals surface area contributed by atoms with Gasteiger partial charge in [-0.15, -0.1) is 0 Å². The highest BCUT2D eigenvalue weighted by Gasteiger charge is 2.07. The van der Waals surface area contributed by atoms with Crippen LogP contribution in [0.5, 0.6) is 0 Å². The summed E-state index contributed by atoms with van der Waals surface area (Å²) in [6.45, 7) is 3.89. The predicted molar refractivity (Wildman–Crippen MR) is 63.3 cm³/mol. The summed E-state index contributed by atoms with van der Waals surface area (Å²) in [6, 6.07) is 7.78. The Kier molecular flexibility index (Phi) is 3.71. The Morgan fingerprint density at radius 1 is 1.38 bits per heavy atom. The molecule has 0 heterocycles. The third-order valence-corrected chi connectivity index (χ3v) is 2.25. The number of amides is 1. The van der Waals surface area contributed by atoms with Crippen LogP contribution < -0.4 is 5.32 Å². The third kappa shape index (κ3) is 3.34. The van der Waals surface area contributed by atoms with Crippen molar-refractivity contribution in [3.05, 3.63) is 29.8 Å². The fourth-order valence-electron chi connectivity index (χ4n) is 0.879. The van der Waals surface area contributed by atoms with E-state index in [4.69, 9.17) is 0 Å². The van der Waals surface area contributed by atoms with Crippen molar-refractivity contribution in [2.45, 2.75) is 17.8 Å². The molecule has 70 valence electrons. The molecule has 3 heteroatoms. The molecule has 1 aromatic carbocycles. The molecule has 0 radical (unpaired) electrons. The van der Waals surface area contributed by atoms with Crippen LogP contribution in [0, 0.1) is 6.92 Å². The second-order valence-corrected chi connectivity index (χ2v) is 4.84. The molecule has 0 aromatic heterocycles. The molecule has 0 fully saturated rings. The summed E-state index contributed by atoms with van der Waals surface area (Å²) in [4.78, 5) is 11.3. The van der Waals surface area contributed by atoms with E-state index in [2.05, 4.69) is 27.9 Å². The van der Waals surface area contributed by atoms with E-state index in [1.54, 1.807) is 0 Å². The second kappa shape index (κ2) is 4.60. The van der Waals surface area contributed by atoms with Crippen LogP contribution in [0.25, 0.3) is 0 Å². The molecule has 2 nitrogen and oxygen atoms in total. The number of benzene rings is 1. The minimum atomic E-state index is -0.00102. The molecule has 0 aliphatic heterocycles. The molecule has 13 heavy (non-hydrogen) atoms. The van der Waals surface area contributed by atoms with E-state index < -0.39 is 0 Å². The minimum absolute atomic E-state index is 0.00102. The van der Waals surface area contributed by atoms with Gasteiger partial charge in [0, 0.05) is 5.69 Å². The van der Waals surface area contributed by atoms with Crippen LogP contribution in [0.1, 0.15) is 12.5 Å². The molecule has 1 aromatic rings. The van der Waals surface area contributed by atoms with Gasteiger partial charge in [-0.2, -0.15) is 0 Å². The summed E-state index contributed by atoms with van der Waals surface area (Å²) in [5.41, 5.74) is 2.06. The lowest BCUT2D eigenvalue weighted by atomic mass is 10.2. The molecule has 0 saturated carbocycles. The van der Waals surface area contributed by atoms with Gasteiger partial charge in [-0.1, -0.05) is 40.3 Å². The Hall–Kier alpha value is -0.580. The largest absolute Gasteiger partial charge is 0.325 e. The van der Waals surface area contributed by atoms with Gasteiger partial charge < -0.3 is 5.32 Å². The number of halogens is 1. The Morgan fingerprint density at radius 2 is 1.92 bits per heavy atom. The maximum absolute atomic E-state index is 11.3. The summed E-state index contributed by atoms with van der Waals surface area (Å²) < 4.78 is -0.00102. The molecule has 0 saturated heterocycles. The highest BCUT2D eigenvalue weighted by atomic mass is 127. The molecule has 1 rings (SSSR count). The molecule has 0 aliphatic rings. The van der Waals surface area contributed by atoms with Crippen LogP contribution in [0.4, 0.5) is 5.69 Å². The van der Waals surface area contributed by atoms with E-state index in [1.165, 1.54) is 5.56 Å². The molecule has 0 spiro atoms. The van der Waals surface area contributed by atoms with Gasteiger partial charge in [-0.25, -0.2) is 0 Å². The van der Waals surface area contributed by atoms with Crippen LogP contribution in [0.2, 0.25) is 0 Å². The Bertz CT molecular complexity index is 292. The normalized spacial score (nSPS) is 12.2. The molecule has 0 aliphatic carbocycles. The number of rotatable bonds is 2. The van der Waals surface area contributed by atoms with Gasteiger partial charge in [-0.05, 0) is 26.0 Å². The number of carbonyl (C=O) groups is 1. The molecule has 1 N–H and O–H groups in total. The van der Waals surface area contributed by atoms with Gasteiger partial charge >= 0.3 is 0 Å². The van der Waals surface area contributed by atoms with Gasteiger partial charge in [0.1, 0.15) is 0 Å². The summed E-state index contributed by atoms with van der Waals surface area (Å²) in [7, 11) is 0. The van der Waals surface area contributed by atoms with Crippen LogP contribution in [-0.2, 0) is 4.79 Å². The second-order valence-electron chi connectivity index (χ2n) is 2.97. The lowest BCUT2D eigenvalue weighted by Gasteiger charge is -2.06. The number of carbonyl (C=O) groups excluding carboxylic acids is 1. The van der Waals surface area contributed by atoms with E-state index in [1.807, 2.05) is 38.1 Å². The highest BCUT2D eigenvalue weighted by molar-refractivity contribution is 14.1. The van der Waals surface area contributed by atoms with Crippen molar-refractivity contribution >= 4 is 34.2 Å². The van der Waals surface area contributed by atoms with Crippen molar-refractivity contribution in [1.29, 1.82) is 0 Å². The fraction of sp³-hybridized carbons (Fsp3) is 0.300. The third-order valence-electron chi connectivity index (χ3n) is 1.68. The first-order valence-corrected chi connectivity index (χ1v) is 5.36. The van der Waals surface area contributed by atoms with Crippen molar-refractivity contribution in [1.82, 2.24) is 0 Å². The van der Waals surface area contributed by atoms with E-state index in [0.29, 0.717) is 0 Å². The van der Waals surface area contributed by atoms with Gasteiger partial charge in [0.05, 0.1) is 3.92 Å². The van der Waals surface area contributed by atoms with E-state index in [0.717, 1.165) is 5.69 Å². The number of hydrogen-bond acceptors (Lipinski definition) is 1. The van der Waals surface area contributed by atoms with Gasteiger partial charge in [0.2, 0.25) is 5.91 Å². The van der Waals surface area contributed by atoms with E-state index in [9.17, 15) is 4.79 Å². The minimum Gasteiger partial charge on any atom is -0.325 e. The predicted octanol–water partition coefficient (Wildman–Crippen LogP) is 2.76.